The van der Waals surface area contributed by atoms with E-state index in [-0.39, 0.29) is 11.0 Å². The number of aliphatic hydroxyl groups excluding tert-OH is 1. The van der Waals surface area contributed by atoms with Crippen LogP contribution in [-0.2, 0) is 12.9 Å². The molecule has 2 aromatic rings. The van der Waals surface area contributed by atoms with Gasteiger partial charge in [0.1, 0.15) is 6.73 Å². The van der Waals surface area contributed by atoms with Gasteiger partial charge < -0.3 is 5.11 Å². The minimum absolute atomic E-state index is 0.113. The maximum absolute atomic E-state index is 12.6. The molecule has 0 aliphatic rings. The van der Waals surface area contributed by atoms with Crippen LogP contribution in [0.1, 0.15) is 11.4 Å². The van der Waals surface area contributed by atoms with Gasteiger partial charge in [0.05, 0.1) is 11.0 Å². The SMILES string of the molecule is Cc1cc2c(cc1Cl)nc(C(F)(F)F)n2CO. The van der Waals surface area contributed by atoms with Gasteiger partial charge in [-0.05, 0) is 24.6 Å². The largest absolute Gasteiger partial charge is 0.449 e. The molecule has 1 N–H and O–H groups in total. The van der Waals surface area contributed by atoms with Gasteiger partial charge >= 0.3 is 6.18 Å². The van der Waals surface area contributed by atoms with Crippen molar-refractivity contribution >= 4 is 22.6 Å². The molecule has 92 valence electrons. The summed E-state index contributed by atoms with van der Waals surface area (Å²) in [6.07, 6.45) is -4.61. The third kappa shape index (κ3) is 1.98. The Labute approximate surface area is 99.4 Å². The molecular weight excluding hydrogens is 257 g/mol. The monoisotopic (exact) mass is 264 g/mol. The number of hydrogen-bond acceptors (Lipinski definition) is 2. The lowest BCUT2D eigenvalue weighted by molar-refractivity contribution is -0.148. The fourth-order valence-corrected chi connectivity index (χ4v) is 1.77. The smallest absolute Gasteiger partial charge is 0.376 e. The fraction of sp³-hybridized carbons (Fsp3) is 0.300. The van der Waals surface area contributed by atoms with E-state index in [1.165, 1.54) is 12.1 Å². The molecule has 17 heavy (non-hydrogen) atoms. The van der Waals surface area contributed by atoms with Gasteiger partial charge in [0.2, 0.25) is 5.82 Å². The Bertz CT molecular complexity index is 577. The molecular formula is C10H8ClF3N2O. The zero-order chi connectivity index (χ0) is 12.8. The van der Waals surface area contributed by atoms with E-state index >= 15 is 0 Å². The number of aliphatic hydroxyl groups is 1. The normalized spacial score (nSPS) is 12.4. The summed E-state index contributed by atoms with van der Waals surface area (Å²) >= 11 is 5.81. The lowest BCUT2D eigenvalue weighted by atomic mass is 10.2. The number of imidazole rings is 1. The highest BCUT2D eigenvalue weighted by atomic mass is 35.5. The molecule has 1 heterocycles. The van der Waals surface area contributed by atoms with Crippen LogP contribution in [-0.4, -0.2) is 14.7 Å². The Hall–Kier alpha value is -1.27. The van der Waals surface area contributed by atoms with Crippen molar-refractivity contribution in [2.24, 2.45) is 0 Å². The Balaban J connectivity index is 2.80. The van der Waals surface area contributed by atoms with Crippen LogP contribution in [0.4, 0.5) is 13.2 Å². The van der Waals surface area contributed by atoms with Crippen molar-refractivity contribution in [1.29, 1.82) is 0 Å². The van der Waals surface area contributed by atoms with Gasteiger partial charge in [-0.25, -0.2) is 4.98 Å². The summed E-state index contributed by atoms with van der Waals surface area (Å²) in [6, 6.07) is 2.82. The van der Waals surface area contributed by atoms with Gasteiger partial charge in [-0.15, -0.1) is 0 Å². The molecule has 7 heteroatoms. The highest BCUT2D eigenvalue weighted by molar-refractivity contribution is 6.32. The number of benzene rings is 1. The summed E-state index contributed by atoms with van der Waals surface area (Å²) in [5.74, 6) is -1.13. The van der Waals surface area contributed by atoms with Crippen LogP contribution in [0.3, 0.4) is 0 Å². The minimum Gasteiger partial charge on any atom is -0.376 e. The predicted molar refractivity (Wildman–Crippen MR) is 56.7 cm³/mol. The van der Waals surface area contributed by atoms with Gasteiger partial charge in [0.15, 0.2) is 0 Å². The van der Waals surface area contributed by atoms with Gasteiger partial charge in [0.25, 0.3) is 0 Å². The van der Waals surface area contributed by atoms with E-state index in [9.17, 15) is 13.2 Å². The van der Waals surface area contributed by atoms with Gasteiger partial charge in [-0.1, -0.05) is 11.6 Å². The van der Waals surface area contributed by atoms with Crippen molar-refractivity contribution in [3.05, 3.63) is 28.5 Å². The van der Waals surface area contributed by atoms with E-state index in [1.54, 1.807) is 6.92 Å². The number of aryl methyl sites for hydroxylation is 1. The van der Waals surface area contributed by atoms with Crippen molar-refractivity contribution in [3.8, 4) is 0 Å². The molecule has 1 aromatic carbocycles. The molecule has 0 aliphatic carbocycles. The number of rotatable bonds is 1. The average molecular weight is 265 g/mol. The molecule has 0 aliphatic heterocycles. The molecule has 0 spiro atoms. The standard InChI is InChI=1S/C10H8ClF3N2O/c1-5-2-8-7(3-6(5)11)15-9(10(12,13)14)16(8)4-17/h2-3,17H,4H2,1H3. The van der Waals surface area contributed by atoms with Crippen molar-refractivity contribution in [1.82, 2.24) is 9.55 Å². The van der Waals surface area contributed by atoms with E-state index in [2.05, 4.69) is 4.98 Å². The maximum Gasteiger partial charge on any atom is 0.449 e. The second kappa shape index (κ2) is 3.89. The van der Waals surface area contributed by atoms with E-state index < -0.39 is 18.7 Å². The van der Waals surface area contributed by atoms with Crippen LogP contribution in [0.15, 0.2) is 12.1 Å². The number of hydrogen-bond donors (Lipinski definition) is 1. The lowest BCUT2D eigenvalue weighted by Gasteiger charge is -2.08. The van der Waals surface area contributed by atoms with E-state index in [4.69, 9.17) is 16.7 Å². The van der Waals surface area contributed by atoms with Crippen molar-refractivity contribution in [2.75, 3.05) is 0 Å². The van der Waals surface area contributed by atoms with E-state index in [0.717, 1.165) is 0 Å². The predicted octanol–water partition coefficient (Wildman–Crippen LogP) is 2.97. The molecule has 0 amide bonds. The summed E-state index contributed by atoms with van der Waals surface area (Å²) in [7, 11) is 0. The van der Waals surface area contributed by atoms with Crippen LogP contribution >= 0.6 is 11.6 Å². The minimum atomic E-state index is -4.61. The van der Waals surface area contributed by atoms with Gasteiger partial charge in [0, 0.05) is 5.02 Å². The summed E-state index contributed by atoms with van der Waals surface area (Å²) < 4.78 is 38.6. The zero-order valence-corrected chi connectivity index (χ0v) is 9.47. The summed E-state index contributed by atoms with van der Waals surface area (Å²) in [5.41, 5.74) is 0.950. The van der Waals surface area contributed by atoms with Crippen LogP contribution in [0, 0.1) is 6.92 Å². The first-order valence-electron chi connectivity index (χ1n) is 4.69. The van der Waals surface area contributed by atoms with Crippen LogP contribution in [0.5, 0.6) is 0 Å². The molecule has 0 atom stereocenters. The Morgan fingerprint density at radius 2 is 2.06 bits per heavy atom. The highest BCUT2D eigenvalue weighted by Crippen LogP contribution is 2.32. The zero-order valence-electron chi connectivity index (χ0n) is 8.72. The first-order chi connectivity index (χ1) is 7.84. The Kier molecular flexibility index (Phi) is 2.79. The third-order valence-electron chi connectivity index (χ3n) is 2.42. The summed E-state index contributed by atoms with van der Waals surface area (Å²) in [6.45, 7) is 0.885. The number of aromatic nitrogens is 2. The van der Waals surface area contributed by atoms with Crippen molar-refractivity contribution in [3.63, 3.8) is 0 Å². The molecule has 0 fully saturated rings. The maximum atomic E-state index is 12.6. The molecule has 2 rings (SSSR count). The number of halogens is 4. The molecule has 0 radical (unpaired) electrons. The summed E-state index contributed by atoms with van der Waals surface area (Å²) in [5, 5.41) is 9.36. The number of nitrogens with zero attached hydrogens (tertiary/aromatic N) is 2. The second-order valence-electron chi connectivity index (χ2n) is 3.59. The average Bonchev–Trinajstić information content (AvgIpc) is 2.56. The molecule has 0 unspecified atom stereocenters. The van der Waals surface area contributed by atoms with Crippen LogP contribution in [0.25, 0.3) is 11.0 Å². The van der Waals surface area contributed by atoms with Crippen LogP contribution < -0.4 is 0 Å². The van der Waals surface area contributed by atoms with E-state index in [0.29, 0.717) is 15.2 Å². The molecule has 3 nitrogen and oxygen atoms in total. The Morgan fingerprint density at radius 3 is 2.59 bits per heavy atom. The van der Waals surface area contributed by atoms with Crippen molar-refractivity contribution in [2.45, 2.75) is 19.8 Å². The summed E-state index contributed by atoms with van der Waals surface area (Å²) in [4.78, 5) is 3.45. The van der Waals surface area contributed by atoms with Gasteiger partial charge in [-0.2, -0.15) is 13.2 Å². The first kappa shape index (κ1) is 12.2. The Morgan fingerprint density at radius 1 is 1.41 bits per heavy atom. The topological polar surface area (TPSA) is 38.0 Å². The first-order valence-corrected chi connectivity index (χ1v) is 5.07. The molecule has 1 aromatic heterocycles. The van der Waals surface area contributed by atoms with E-state index in [1.807, 2.05) is 0 Å². The molecule has 0 bridgehead atoms. The molecule has 0 saturated carbocycles. The lowest BCUT2D eigenvalue weighted by Crippen LogP contribution is -2.14. The number of fused-ring (bicyclic) bond motifs is 1. The molecule has 0 saturated heterocycles. The second-order valence-corrected chi connectivity index (χ2v) is 4.00. The quantitative estimate of drug-likeness (QED) is 0.860. The number of alkyl halides is 3. The highest BCUT2D eigenvalue weighted by Gasteiger charge is 2.37. The fourth-order valence-electron chi connectivity index (χ4n) is 1.61. The van der Waals surface area contributed by atoms with Crippen LogP contribution in [0.2, 0.25) is 5.02 Å². The van der Waals surface area contributed by atoms with Gasteiger partial charge in [-0.3, -0.25) is 4.57 Å². The third-order valence-corrected chi connectivity index (χ3v) is 2.83. The van der Waals surface area contributed by atoms with Crippen molar-refractivity contribution < 1.29 is 18.3 Å².